The molecule has 0 unspecified atom stereocenters. The van der Waals surface area contributed by atoms with Crippen LogP contribution < -0.4 is 9.47 Å². The minimum Gasteiger partial charge on any atom is -0.492 e. The molecule has 6 nitrogen and oxygen atoms in total. The van der Waals surface area contributed by atoms with Crippen LogP contribution in [0.2, 0.25) is 0 Å². The van der Waals surface area contributed by atoms with Crippen molar-refractivity contribution in [1.82, 2.24) is 0 Å². The van der Waals surface area contributed by atoms with E-state index in [9.17, 15) is 9.59 Å². The molecule has 0 aromatic heterocycles. The van der Waals surface area contributed by atoms with Crippen molar-refractivity contribution in [2.45, 2.75) is 122 Å². The smallest absolute Gasteiger partial charge is 0.309 e. The number of esters is 2. The third-order valence-electron chi connectivity index (χ3n) is 8.86. The van der Waals surface area contributed by atoms with E-state index in [-0.39, 0.29) is 50.2 Å². The molecule has 43 heavy (non-hydrogen) atoms. The van der Waals surface area contributed by atoms with E-state index in [1.54, 1.807) is 0 Å². The van der Waals surface area contributed by atoms with Gasteiger partial charge in [0.15, 0.2) is 0 Å². The van der Waals surface area contributed by atoms with E-state index < -0.39 is 0 Å². The van der Waals surface area contributed by atoms with E-state index in [0.717, 1.165) is 97.3 Å². The molecule has 6 heteroatoms. The van der Waals surface area contributed by atoms with Crippen molar-refractivity contribution in [2.24, 2.45) is 0 Å². The Labute approximate surface area is 256 Å². The van der Waals surface area contributed by atoms with Gasteiger partial charge < -0.3 is 18.9 Å². The van der Waals surface area contributed by atoms with Crippen molar-refractivity contribution in [3.63, 3.8) is 0 Å². The molecule has 0 N–H and O–H groups in total. The average Bonchev–Trinajstić information content (AvgIpc) is 3.03. The predicted molar refractivity (Wildman–Crippen MR) is 171 cm³/mol. The number of aryl methyl sites for hydroxylation is 1. The molecule has 0 bridgehead atoms. The van der Waals surface area contributed by atoms with Gasteiger partial charge in [-0.25, -0.2) is 0 Å². The van der Waals surface area contributed by atoms with Gasteiger partial charge in [-0.15, -0.1) is 0 Å². The Morgan fingerprint density at radius 3 is 1.70 bits per heavy atom. The van der Waals surface area contributed by atoms with Crippen LogP contribution in [0.15, 0.2) is 42.5 Å². The summed E-state index contributed by atoms with van der Waals surface area (Å²) in [7, 11) is 0. The van der Waals surface area contributed by atoms with Gasteiger partial charge in [-0.1, -0.05) is 69.0 Å². The van der Waals surface area contributed by atoms with E-state index >= 15 is 0 Å². The van der Waals surface area contributed by atoms with Crippen LogP contribution in [-0.2, 0) is 25.5 Å². The monoisotopic (exact) mass is 588 g/mol. The number of unbranched alkanes of at least 4 members (excludes halogenated alkanes) is 2. The molecular formula is C37H48O6. The molecule has 3 aromatic rings. The molecule has 2 aliphatic rings. The minimum absolute atomic E-state index is 0.0463. The number of fused-ring (bicyclic) bond motifs is 2. The van der Waals surface area contributed by atoms with Gasteiger partial charge in [-0.05, 0) is 75.8 Å². The Hall–Kier alpha value is -3.28. The normalized spacial score (nSPS) is 16.3. The zero-order chi connectivity index (χ0) is 29.9. The average molecular weight is 589 g/mol. The van der Waals surface area contributed by atoms with Crippen molar-refractivity contribution in [3.8, 4) is 11.5 Å². The Morgan fingerprint density at radius 1 is 0.651 bits per heavy atom. The molecule has 0 spiro atoms. The number of hydrogen-bond acceptors (Lipinski definition) is 6. The topological polar surface area (TPSA) is 71.1 Å². The van der Waals surface area contributed by atoms with E-state index in [1.165, 1.54) is 31.2 Å². The van der Waals surface area contributed by atoms with Crippen LogP contribution in [0, 0.1) is 0 Å². The van der Waals surface area contributed by atoms with Gasteiger partial charge >= 0.3 is 11.9 Å². The van der Waals surface area contributed by atoms with Crippen LogP contribution in [0.1, 0.15) is 109 Å². The van der Waals surface area contributed by atoms with Crippen LogP contribution in [0.3, 0.4) is 0 Å². The van der Waals surface area contributed by atoms with Gasteiger partial charge in [0.05, 0.1) is 26.1 Å². The Bertz CT molecular complexity index is 1350. The summed E-state index contributed by atoms with van der Waals surface area (Å²) in [6.45, 7) is 2.71. The molecule has 0 amide bonds. The highest BCUT2D eigenvalue weighted by Gasteiger charge is 2.21. The highest BCUT2D eigenvalue weighted by molar-refractivity contribution is 6.11. The van der Waals surface area contributed by atoms with Crippen molar-refractivity contribution in [3.05, 3.63) is 48.0 Å². The lowest BCUT2D eigenvalue weighted by Gasteiger charge is -2.22. The quantitative estimate of drug-likeness (QED) is 0.106. The van der Waals surface area contributed by atoms with E-state index in [1.807, 2.05) is 24.3 Å². The van der Waals surface area contributed by atoms with E-state index in [4.69, 9.17) is 18.9 Å². The number of carbonyl (C=O) groups is 2. The van der Waals surface area contributed by atoms with Gasteiger partial charge in [0.2, 0.25) is 0 Å². The molecule has 0 radical (unpaired) electrons. The molecule has 2 saturated carbocycles. The third kappa shape index (κ3) is 8.64. The van der Waals surface area contributed by atoms with Gasteiger partial charge in [0.25, 0.3) is 0 Å². The molecule has 232 valence electrons. The second kappa shape index (κ2) is 16.0. The predicted octanol–water partition coefficient (Wildman–Crippen LogP) is 9.02. The Morgan fingerprint density at radius 2 is 1.16 bits per heavy atom. The minimum atomic E-state index is -0.196. The molecule has 0 heterocycles. The lowest BCUT2D eigenvalue weighted by Crippen LogP contribution is -2.22. The molecule has 5 rings (SSSR count). The highest BCUT2D eigenvalue weighted by atomic mass is 16.6. The van der Waals surface area contributed by atoms with E-state index in [2.05, 4.69) is 25.1 Å². The Balaban J connectivity index is 1.35. The zero-order valence-electron chi connectivity index (χ0n) is 25.9. The first-order chi connectivity index (χ1) is 21.1. The van der Waals surface area contributed by atoms with Crippen molar-refractivity contribution < 1.29 is 28.5 Å². The first-order valence-corrected chi connectivity index (χ1v) is 16.7. The molecule has 3 aromatic carbocycles. The second-order valence-corrected chi connectivity index (χ2v) is 12.2. The fourth-order valence-corrected chi connectivity index (χ4v) is 6.52. The number of benzene rings is 3. The van der Waals surface area contributed by atoms with Crippen LogP contribution in [0.5, 0.6) is 11.5 Å². The summed E-state index contributed by atoms with van der Waals surface area (Å²) >= 11 is 0. The molecule has 0 atom stereocenters. The number of ether oxygens (including phenoxy) is 4. The maximum Gasteiger partial charge on any atom is 0.309 e. The van der Waals surface area contributed by atoms with Crippen molar-refractivity contribution >= 4 is 33.5 Å². The standard InChI is InChI=1S/C37H48O6/c1-2-3-6-13-27-20-21-32-33(26-27)37(41-25-23-35(39)43-29-16-9-5-10-17-29)31-19-12-11-18-30(31)36(32)40-24-22-34(38)42-28-14-7-4-8-15-28/h11-12,18-21,26,28-29H,2-10,13-17,22-25H2,1H3. The summed E-state index contributed by atoms with van der Waals surface area (Å²) in [6.07, 6.45) is 15.8. The van der Waals surface area contributed by atoms with Gasteiger partial charge in [0, 0.05) is 21.5 Å². The van der Waals surface area contributed by atoms with Crippen molar-refractivity contribution in [1.29, 1.82) is 0 Å². The first kappa shape index (κ1) is 31.2. The summed E-state index contributed by atoms with van der Waals surface area (Å²) in [4.78, 5) is 25.2. The summed E-state index contributed by atoms with van der Waals surface area (Å²) in [5.74, 6) is 1.12. The largest absolute Gasteiger partial charge is 0.492 e. The fraction of sp³-hybridized carbons (Fsp3) is 0.568. The zero-order valence-corrected chi connectivity index (χ0v) is 25.9. The second-order valence-electron chi connectivity index (χ2n) is 12.2. The third-order valence-corrected chi connectivity index (χ3v) is 8.86. The van der Waals surface area contributed by atoms with Crippen LogP contribution >= 0.6 is 0 Å². The molecule has 2 aliphatic carbocycles. The lowest BCUT2D eigenvalue weighted by atomic mass is 9.97. The van der Waals surface area contributed by atoms with Crippen LogP contribution in [-0.4, -0.2) is 37.4 Å². The number of carbonyl (C=O) groups excluding carboxylic acids is 2. The molecule has 2 fully saturated rings. The summed E-state index contributed by atoms with van der Waals surface area (Å²) in [5.41, 5.74) is 1.25. The maximum atomic E-state index is 12.6. The SMILES string of the molecule is CCCCCc1ccc2c(OCCC(=O)OC3CCCCC3)c3ccccc3c(OCCC(=O)OC3CCCCC3)c2c1. The lowest BCUT2D eigenvalue weighted by molar-refractivity contribution is -0.152. The molecular weight excluding hydrogens is 540 g/mol. The number of rotatable bonds is 14. The summed E-state index contributed by atoms with van der Waals surface area (Å²) in [5, 5.41) is 3.77. The number of hydrogen-bond donors (Lipinski definition) is 0. The summed E-state index contributed by atoms with van der Waals surface area (Å²) < 4.78 is 24.3. The molecule has 0 aliphatic heterocycles. The first-order valence-electron chi connectivity index (χ1n) is 16.7. The molecule has 0 saturated heterocycles. The van der Waals surface area contributed by atoms with Gasteiger partial charge in [-0.3, -0.25) is 9.59 Å². The Kier molecular flexibility index (Phi) is 11.6. The highest BCUT2D eigenvalue weighted by Crippen LogP contribution is 2.43. The van der Waals surface area contributed by atoms with Crippen LogP contribution in [0.4, 0.5) is 0 Å². The van der Waals surface area contributed by atoms with Crippen molar-refractivity contribution in [2.75, 3.05) is 13.2 Å². The van der Waals surface area contributed by atoms with Gasteiger partial charge in [-0.2, -0.15) is 0 Å². The summed E-state index contributed by atoms with van der Waals surface area (Å²) in [6, 6.07) is 14.5. The fourth-order valence-electron chi connectivity index (χ4n) is 6.52. The van der Waals surface area contributed by atoms with Crippen LogP contribution in [0.25, 0.3) is 21.5 Å². The van der Waals surface area contributed by atoms with Gasteiger partial charge in [0.1, 0.15) is 23.7 Å². The maximum absolute atomic E-state index is 12.6. The van der Waals surface area contributed by atoms with E-state index in [0.29, 0.717) is 0 Å².